The first-order valence-corrected chi connectivity index (χ1v) is 6.32. The number of nitrogens with one attached hydrogen (secondary N) is 1. The summed E-state index contributed by atoms with van der Waals surface area (Å²) in [6.45, 7) is -2.23. The fraction of sp³-hybridized carbons (Fsp3) is 0.364. The third kappa shape index (κ3) is 5.88. The number of ether oxygens (including phenoxy) is 1. The SMILES string of the molecule is O=C(NCC(F)F)c1ccc(OCC(F)(F)F)c(I)c1. The Labute approximate surface area is 124 Å². The summed E-state index contributed by atoms with van der Waals surface area (Å²) in [6.07, 6.45) is -7.14. The van der Waals surface area contributed by atoms with Gasteiger partial charge in [0, 0.05) is 5.56 Å². The van der Waals surface area contributed by atoms with Crippen LogP contribution in [0.5, 0.6) is 5.75 Å². The van der Waals surface area contributed by atoms with Crippen LogP contribution in [0, 0.1) is 3.57 Å². The van der Waals surface area contributed by atoms with Crippen LogP contribution in [0.1, 0.15) is 10.4 Å². The molecule has 0 bridgehead atoms. The molecule has 0 saturated heterocycles. The van der Waals surface area contributed by atoms with Crippen molar-refractivity contribution in [3.63, 3.8) is 0 Å². The highest BCUT2D eigenvalue weighted by Gasteiger charge is 2.28. The molecule has 0 saturated carbocycles. The van der Waals surface area contributed by atoms with E-state index in [4.69, 9.17) is 0 Å². The van der Waals surface area contributed by atoms with Gasteiger partial charge in [0.15, 0.2) is 6.61 Å². The van der Waals surface area contributed by atoms with Crippen molar-refractivity contribution in [2.75, 3.05) is 13.2 Å². The zero-order valence-corrected chi connectivity index (χ0v) is 12.0. The lowest BCUT2D eigenvalue weighted by Gasteiger charge is -2.11. The van der Waals surface area contributed by atoms with Gasteiger partial charge in [-0.1, -0.05) is 0 Å². The molecule has 3 nitrogen and oxygen atoms in total. The van der Waals surface area contributed by atoms with Crippen molar-refractivity contribution < 1.29 is 31.5 Å². The van der Waals surface area contributed by atoms with Gasteiger partial charge >= 0.3 is 6.18 Å². The molecule has 0 fully saturated rings. The first kappa shape index (κ1) is 16.9. The van der Waals surface area contributed by atoms with Gasteiger partial charge in [0.1, 0.15) is 5.75 Å². The van der Waals surface area contributed by atoms with E-state index >= 15 is 0 Å². The first-order valence-electron chi connectivity index (χ1n) is 5.24. The molecule has 0 aliphatic heterocycles. The maximum atomic E-state index is 12.0. The molecule has 20 heavy (non-hydrogen) atoms. The summed E-state index contributed by atoms with van der Waals surface area (Å²) in [5.74, 6) is -0.765. The topological polar surface area (TPSA) is 38.3 Å². The Balaban J connectivity index is 2.70. The number of benzene rings is 1. The third-order valence-electron chi connectivity index (χ3n) is 2.00. The first-order chi connectivity index (χ1) is 9.19. The third-order valence-corrected chi connectivity index (χ3v) is 2.85. The van der Waals surface area contributed by atoms with Crippen LogP contribution in [-0.4, -0.2) is 31.7 Å². The van der Waals surface area contributed by atoms with Crippen LogP contribution in [0.4, 0.5) is 22.0 Å². The Hall–Kier alpha value is -1.13. The van der Waals surface area contributed by atoms with Crippen molar-refractivity contribution in [3.8, 4) is 5.75 Å². The van der Waals surface area contributed by atoms with Gasteiger partial charge in [0.05, 0.1) is 10.1 Å². The highest BCUT2D eigenvalue weighted by atomic mass is 127. The fourth-order valence-electron chi connectivity index (χ4n) is 1.19. The van der Waals surface area contributed by atoms with Crippen molar-refractivity contribution in [3.05, 3.63) is 27.3 Å². The summed E-state index contributed by atoms with van der Waals surface area (Å²) in [7, 11) is 0. The Morgan fingerprint density at radius 2 is 2.00 bits per heavy atom. The number of hydrogen-bond acceptors (Lipinski definition) is 2. The lowest BCUT2D eigenvalue weighted by Crippen LogP contribution is -2.28. The molecule has 1 N–H and O–H groups in total. The fourth-order valence-corrected chi connectivity index (χ4v) is 1.86. The molecule has 0 unspecified atom stereocenters. The number of amides is 1. The largest absolute Gasteiger partial charge is 0.483 e. The molecule has 1 amide bonds. The summed E-state index contributed by atoms with van der Waals surface area (Å²) < 4.78 is 64.7. The second-order valence-corrected chi connectivity index (χ2v) is 4.81. The molecule has 0 heterocycles. The van der Waals surface area contributed by atoms with Crippen LogP contribution in [0.2, 0.25) is 0 Å². The minimum Gasteiger partial charge on any atom is -0.483 e. The van der Waals surface area contributed by atoms with Crippen molar-refractivity contribution in [1.82, 2.24) is 5.32 Å². The quantitative estimate of drug-likeness (QED) is 0.600. The van der Waals surface area contributed by atoms with Crippen molar-refractivity contribution in [2.45, 2.75) is 12.6 Å². The summed E-state index contributed by atoms with van der Waals surface area (Å²) in [4.78, 5) is 11.5. The molecular weight excluding hydrogens is 400 g/mol. The molecule has 112 valence electrons. The maximum absolute atomic E-state index is 12.0. The van der Waals surface area contributed by atoms with Gasteiger partial charge in [-0.25, -0.2) is 8.78 Å². The van der Waals surface area contributed by atoms with Crippen molar-refractivity contribution >= 4 is 28.5 Å². The highest BCUT2D eigenvalue weighted by molar-refractivity contribution is 14.1. The number of alkyl halides is 5. The normalized spacial score (nSPS) is 11.6. The second kappa shape index (κ2) is 7.04. The van der Waals surface area contributed by atoms with E-state index in [1.807, 2.05) is 5.32 Å². The van der Waals surface area contributed by atoms with Gasteiger partial charge in [-0.3, -0.25) is 4.79 Å². The van der Waals surface area contributed by atoms with Crippen LogP contribution in [0.15, 0.2) is 18.2 Å². The molecule has 0 atom stereocenters. The van der Waals surface area contributed by atoms with Crippen LogP contribution in [0.25, 0.3) is 0 Å². The molecule has 0 spiro atoms. The van der Waals surface area contributed by atoms with Crippen molar-refractivity contribution in [1.29, 1.82) is 0 Å². The standard InChI is InChI=1S/C11H9F5INO2/c12-9(13)4-18-10(19)6-1-2-8(7(17)3-6)20-5-11(14,15)16/h1-3,9H,4-5H2,(H,18,19). The van der Waals surface area contributed by atoms with Crippen LogP contribution >= 0.6 is 22.6 Å². The van der Waals surface area contributed by atoms with Crippen LogP contribution in [0.3, 0.4) is 0 Å². The molecule has 1 aromatic carbocycles. The number of carbonyl (C=O) groups excluding carboxylic acids is 1. The monoisotopic (exact) mass is 409 g/mol. The average Bonchev–Trinajstić information content (AvgIpc) is 2.33. The van der Waals surface area contributed by atoms with Gasteiger partial charge in [0.2, 0.25) is 0 Å². The van der Waals surface area contributed by atoms with E-state index in [9.17, 15) is 26.7 Å². The van der Waals surface area contributed by atoms with Gasteiger partial charge in [-0.15, -0.1) is 0 Å². The zero-order chi connectivity index (χ0) is 15.3. The lowest BCUT2D eigenvalue weighted by atomic mass is 10.2. The lowest BCUT2D eigenvalue weighted by molar-refractivity contribution is -0.153. The van der Waals surface area contributed by atoms with Crippen LogP contribution in [-0.2, 0) is 0 Å². The number of rotatable bonds is 5. The Kier molecular flexibility index (Phi) is 5.96. The molecular formula is C11H9F5INO2. The van der Waals surface area contributed by atoms with E-state index < -0.39 is 31.7 Å². The number of halogens is 6. The predicted molar refractivity (Wildman–Crippen MR) is 69.0 cm³/mol. The van der Waals surface area contributed by atoms with E-state index in [1.165, 1.54) is 18.2 Å². The Morgan fingerprint density at radius 3 is 2.50 bits per heavy atom. The van der Waals surface area contributed by atoms with E-state index in [1.54, 1.807) is 22.6 Å². The Bertz CT molecular complexity index is 478. The summed E-state index contributed by atoms with van der Waals surface area (Å²) in [5, 5.41) is 1.99. The number of hydrogen-bond donors (Lipinski definition) is 1. The van der Waals surface area contributed by atoms with E-state index in [2.05, 4.69) is 4.74 Å². The zero-order valence-electron chi connectivity index (χ0n) is 9.81. The summed E-state index contributed by atoms with van der Waals surface area (Å²) >= 11 is 1.69. The minimum atomic E-state index is -4.46. The van der Waals surface area contributed by atoms with E-state index in [-0.39, 0.29) is 14.9 Å². The molecule has 1 rings (SSSR count). The van der Waals surface area contributed by atoms with Gasteiger partial charge in [-0.05, 0) is 40.8 Å². The maximum Gasteiger partial charge on any atom is 0.422 e. The average molecular weight is 409 g/mol. The molecule has 1 aromatic rings. The molecule has 0 aliphatic carbocycles. The van der Waals surface area contributed by atoms with E-state index in [0.29, 0.717) is 0 Å². The molecule has 9 heteroatoms. The van der Waals surface area contributed by atoms with Crippen LogP contribution < -0.4 is 10.1 Å². The predicted octanol–water partition coefficient (Wildman–Crippen LogP) is 3.23. The van der Waals surface area contributed by atoms with Gasteiger partial charge in [-0.2, -0.15) is 13.2 Å². The summed E-state index contributed by atoms with van der Waals surface area (Å²) in [5.41, 5.74) is 0.0643. The number of carbonyl (C=O) groups is 1. The minimum absolute atomic E-state index is 0.0339. The highest BCUT2D eigenvalue weighted by Crippen LogP contribution is 2.24. The second-order valence-electron chi connectivity index (χ2n) is 3.65. The van der Waals surface area contributed by atoms with Crippen molar-refractivity contribution in [2.24, 2.45) is 0 Å². The van der Waals surface area contributed by atoms with Gasteiger partial charge < -0.3 is 10.1 Å². The molecule has 0 aliphatic rings. The summed E-state index contributed by atoms with van der Waals surface area (Å²) in [6, 6.07) is 3.65. The Morgan fingerprint density at radius 1 is 1.35 bits per heavy atom. The molecule has 0 radical (unpaired) electrons. The smallest absolute Gasteiger partial charge is 0.422 e. The molecule has 0 aromatic heterocycles. The van der Waals surface area contributed by atoms with Gasteiger partial charge in [0.25, 0.3) is 12.3 Å². The van der Waals surface area contributed by atoms with E-state index in [0.717, 1.165) is 0 Å².